The Morgan fingerprint density at radius 3 is 2.80 bits per heavy atom. The molecule has 0 saturated carbocycles. The van der Waals surface area contributed by atoms with E-state index in [1.807, 2.05) is 12.1 Å². The van der Waals surface area contributed by atoms with Crippen LogP contribution < -0.4 is 10.2 Å². The van der Waals surface area contributed by atoms with Crippen LogP contribution in [-0.4, -0.2) is 10.5 Å². The van der Waals surface area contributed by atoms with Crippen molar-refractivity contribution in [3.8, 4) is 0 Å². The summed E-state index contributed by atoms with van der Waals surface area (Å²) < 4.78 is 8.21. The van der Waals surface area contributed by atoms with Crippen molar-refractivity contribution >= 4 is 50.0 Å². The first-order chi connectivity index (χ1) is 12.0. The molecule has 0 radical (unpaired) electrons. The molecule has 2 heterocycles. The van der Waals surface area contributed by atoms with Crippen LogP contribution in [0.1, 0.15) is 10.6 Å². The topological polar surface area (TPSA) is 64.6 Å². The lowest BCUT2D eigenvalue weighted by Crippen LogP contribution is -2.14. The number of carbonyl (C=O) groups excluding carboxylic acids is 1. The van der Waals surface area contributed by atoms with Gasteiger partial charge in [-0.2, -0.15) is 4.99 Å². The first-order valence-corrected chi connectivity index (χ1v) is 8.60. The number of benzene rings is 2. The molecule has 0 unspecified atom stereocenters. The lowest BCUT2D eigenvalue weighted by molar-refractivity contribution is 0.0972. The number of nitrogens with zero attached hydrogens (tertiary/aromatic N) is 2. The Balaban J connectivity index is 1.88. The Bertz CT molecular complexity index is 1270. The van der Waals surface area contributed by atoms with Crippen molar-refractivity contribution in [3.05, 3.63) is 74.3 Å². The molecule has 25 heavy (non-hydrogen) atoms. The van der Waals surface area contributed by atoms with E-state index in [1.165, 1.54) is 17.4 Å². The summed E-state index contributed by atoms with van der Waals surface area (Å²) in [4.78, 5) is 29.2. The van der Waals surface area contributed by atoms with E-state index < -0.39 is 5.91 Å². The highest BCUT2D eigenvalue weighted by Crippen LogP contribution is 2.24. The van der Waals surface area contributed by atoms with Gasteiger partial charge in [-0.15, -0.1) is 0 Å². The van der Waals surface area contributed by atoms with Crippen LogP contribution in [0.3, 0.4) is 0 Å². The average Bonchev–Trinajstić information content (AvgIpc) is 2.92. The molecule has 124 valence electrons. The molecule has 0 fully saturated rings. The summed E-state index contributed by atoms with van der Waals surface area (Å²) in [6.45, 7) is 0. The van der Waals surface area contributed by atoms with Crippen molar-refractivity contribution in [1.82, 2.24) is 4.57 Å². The number of aryl methyl sites for hydroxylation is 1. The highest BCUT2D eigenvalue weighted by Gasteiger charge is 2.13. The van der Waals surface area contributed by atoms with Crippen LogP contribution in [0.5, 0.6) is 0 Å². The highest BCUT2D eigenvalue weighted by molar-refractivity contribution is 7.16. The Hall–Kier alpha value is -2.70. The Morgan fingerprint density at radius 2 is 2.00 bits per heavy atom. The monoisotopic (exact) mass is 370 g/mol. The predicted molar refractivity (Wildman–Crippen MR) is 98.2 cm³/mol. The van der Waals surface area contributed by atoms with Crippen LogP contribution in [0.15, 0.2) is 62.7 Å². The van der Waals surface area contributed by atoms with Gasteiger partial charge >= 0.3 is 5.91 Å². The van der Waals surface area contributed by atoms with Gasteiger partial charge in [0.25, 0.3) is 0 Å². The third kappa shape index (κ3) is 2.69. The number of halogens is 1. The minimum atomic E-state index is -0.610. The van der Waals surface area contributed by atoms with Crippen molar-refractivity contribution in [2.24, 2.45) is 12.0 Å². The van der Waals surface area contributed by atoms with Crippen LogP contribution in [0.25, 0.3) is 21.2 Å². The smallest absolute Gasteiger partial charge is 0.315 e. The van der Waals surface area contributed by atoms with Gasteiger partial charge in [-0.1, -0.05) is 41.1 Å². The van der Waals surface area contributed by atoms with Gasteiger partial charge in [0, 0.05) is 13.1 Å². The average molecular weight is 371 g/mol. The van der Waals surface area contributed by atoms with Crippen molar-refractivity contribution < 1.29 is 9.21 Å². The number of rotatable bonds is 1. The molecule has 0 N–H and O–H groups in total. The van der Waals surface area contributed by atoms with E-state index in [0.29, 0.717) is 20.8 Å². The molecular weight excluding hydrogens is 360 g/mol. The van der Waals surface area contributed by atoms with E-state index in [-0.39, 0.29) is 11.2 Å². The summed E-state index contributed by atoms with van der Waals surface area (Å²) in [5, 5.41) is 1.01. The maximum absolute atomic E-state index is 12.5. The Kier molecular flexibility index (Phi) is 3.78. The van der Waals surface area contributed by atoms with Gasteiger partial charge in [-0.3, -0.25) is 9.59 Å². The van der Waals surface area contributed by atoms with E-state index in [2.05, 4.69) is 4.99 Å². The first kappa shape index (κ1) is 15.8. The van der Waals surface area contributed by atoms with E-state index in [4.69, 9.17) is 16.0 Å². The van der Waals surface area contributed by atoms with Gasteiger partial charge in [0.05, 0.1) is 20.6 Å². The molecule has 5 nitrogen and oxygen atoms in total. The predicted octanol–water partition coefficient (Wildman–Crippen LogP) is 3.74. The number of thiazole rings is 1. The second kappa shape index (κ2) is 5.98. The minimum absolute atomic E-state index is 0.0905. The van der Waals surface area contributed by atoms with E-state index in [9.17, 15) is 9.59 Å². The van der Waals surface area contributed by atoms with Gasteiger partial charge in [0.2, 0.25) is 0 Å². The van der Waals surface area contributed by atoms with Crippen molar-refractivity contribution in [2.45, 2.75) is 0 Å². The lowest BCUT2D eigenvalue weighted by Gasteiger charge is -1.99. The highest BCUT2D eigenvalue weighted by atomic mass is 35.5. The molecule has 2 aromatic heterocycles. The maximum Gasteiger partial charge on any atom is 0.315 e. The zero-order valence-electron chi connectivity index (χ0n) is 13.0. The van der Waals surface area contributed by atoms with Crippen LogP contribution in [0.2, 0.25) is 5.02 Å². The quantitative estimate of drug-likeness (QED) is 0.512. The van der Waals surface area contributed by atoms with Crippen LogP contribution in [0, 0.1) is 0 Å². The molecule has 7 heteroatoms. The summed E-state index contributed by atoms with van der Waals surface area (Å²) in [5.41, 5.74) is 0.891. The SMILES string of the molecule is Cn1c(=NC(=O)c2cc(=O)c3ccccc3o2)sc2cccc(Cl)c21. The van der Waals surface area contributed by atoms with Gasteiger partial charge in [0.15, 0.2) is 16.0 Å². The van der Waals surface area contributed by atoms with Crippen molar-refractivity contribution in [1.29, 1.82) is 0 Å². The van der Waals surface area contributed by atoms with Crippen molar-refractivity contribution in [2.75, 3.05) is 0 Å². The molecule has 0 aliphatic carbocycles. The molecule has 0 saturated heterocycles. The van der Waals surface area contributed by atoms with Gasteiger partial charge in [-0.25, -0.2) is 0 Å². The molecule has 1 amide bonds. The zero-order valence-corrected chi connectivity index (χ0v) is 14.6. The third-order valence-corrected chi connectivity index (χ3v) is 5.22. The van der Waals surface area contributed by atoms with Crippen LogP contribution in [0.4, 0.5) is 0 Å². The maximum atomic E-state index is 12.5. The number of amides is 1. The van der Waals surface area contributed by atoms with Crippen molar-refractivity contribution in [3.63, 3.8) is 0 Å². The summed E-state index contributed by atoms with van der Waals surface area (Å²) in [6.07, 6.45) is 0. The second-order valence-corrected chi connectivity index (χ2v) is 6.83. The fraction of sp³-hybridized carbons (Fsp3) is 0.0556. The Morgan fingerprint density at radius 1 is 1.20 bits per heavy atom. The molecule has 0 bridgehead atoms. The zero-order chi connectivity index (χ0) is 17.6. The molecular formula is C18H11ClN2O3S. The number of hydrogen-bond acceptors (Lipinski definition) is 4. The molecule has 0 aliphatic rings. The Labute approximate surface area is 150 Å². The molecule has 4 rings (SSSR count). The molecule has 0 atom stereocenters. The largest absolute Gasteiger partial charge is 0.451 e. The van der Waals surface area contributed by atoms with Gasteiger partial charge in [0.1, 0.15) is 5.58 Å². The molecule has 2 aromatic carbocycles. The van der Waals surface area contributed by atoms with Crippen LogP contribution >= 0.6 is 22.9 Å². The summed E-state index contributed by atoms with van der Waals surface area (Å²) in [7, 11) is 1.79. The summed E-state index contributed by atoms with van der Waals surface area (Å²) >= 11 is 7.55. The number of para-hydroxylation sites is 2. The van der Waals surface area contributed by atoms with Gasteiger partial charge < -0.3 is 8.98 Å². The number of aromatic nitrogens is 1. The van der Waals surface area contributed by atoms with E-state index >= 15 is 0 Å². The number of carbonyl (C=O) groups is 1. The summed E-state index contributed by atoms with van der Waals surface area (Å²) in [5.74, 6) is -0.701. The van der Waals surface area contributed by atoms with E-state index in [1.54, 1.807) is 41.9 Å². The fourth-order valence-electron chi connectivity index (χ4n) is 2.61. The molecule has 4 aromatic rings. The van der Waals surface area contributed by atoms with Crippen LogP contribution in [-0.2, 0) is 7.05 Å². The fourth-order valence-corrected chi connectivity index (χ4v) is 4.02. The third-order valence-electron chi connectivity index (χ3n) is 3.82. The lowest BCUT2D eigenvalue weighted by atomic mass is 10.2. The normalized spacial score (nSPS) is 12.2. The molecule has 0 spiro atoms. The summed E-state index contributed by atoms with van der Waals surface area (Å²) in [6, 6.07) is 13.5. The number of hydrogen-bond donors (Lipinski definition) is 0. The number of fused-ring (bicyclic) bond motifs is 2. The first-order valence-electron chi connectivity index (χ1n) is 7.40. The minimum Gasteiger partial charge on any atom is -0.451 e. The molecule has 0 aliphatic heterocycles. The van der Waals surface area contributed by atoms with Gasteiger partial charge in [-0.05, 0) is 24.3 Å². The van der Waals surface area contributed by atoms with E-state index in [0.717, 1.165) is 10.2 Å². The standard InChI is InChI=1S/C18H11ClN2O3S/c1-21-16-11(19)6-4-8-15(16)25-18(21)20-17(23)14-9-12(22)10-5-2-3-7-13(10)24-14/h2-9H,1H3. The second-order valence-electron chi connectivity index (χ2n) is 5.42.